The van der Waals surface area contributed by atoms with Crippen LogP contribution < -0.4 is 18.9 Å². The van der Waals surface area contributed by atoms with E-state index in [1.54, 1.807) is 40.6 Å². The van der Waals surface area contributed by atoms with Gasteiger partial charge in [0.1, 0.15) is 28.7 Å². The number of phenolic OH excluding ortho intramolecular Hbond substituents is 1. The Hall–Kier alpha value is -3.34. The summed E-state index contributed by atoms with van der Waals surface area (Å²) in [6.45, 7) is 0. The number of hydrogen-bond donors (Lipinski definition) is 1. The van der Waals surface area contributed by atoms with Crippen LogP contribution >= 0.6 is 0 Å². The van der Waals surface area contributed by atoms with Gasteiger partial charge in [-0.2, -0.15) is 0 Å². The number of methoxy groups -OCH3 is 4. The minimum atomic E-state index is -0.178. The number of benzene rings is 3. The second-order valence-electron chi connectivity index (χ2n) is 6.24. The molecule has 1 N–H and O–H groups in total. The second-order valence-corrected chi connectivity index (χ2v) is 6.24. The average molecular weight is 380 g/mol. The molecule has 0 atom stereocenters. The maximum absolute atomic E-state index is 9.74. The monoisotopic (exact) mass is 380 g/mol. The molecule has 0 bridgehead atoms. The SMILES string of the molecule is COc1ccc(C(c2ccc(O)cc2)c2ccc(OC)cc2OC)c(OC)c1. The summed E-state index contributed by atoms with van der Waals surface area (Å²) in [5.41, 5.74) is 2.90. The zero-order valence-electron chi connectivity index (χ0n) is 16.4. The van der Waals surface area contributed by atoms with Crippen LogP contribution in [0.1, 0.15) is 22.6 Å². The Labute approximate surface area is 165 Å². The molecule has 146 valence electrons. The minimum Gasteiger partial charge on any atom is -0.508 e. The van der Waals surface area contributed by atoms with Crippen LogP contribution in [-0.2, 0) is 0 Å². The van der Waals surface area contributed by atoms with Crippen LogP contribution in [-0.4, -0.2) is 33.5 Å². The van der Waals surface area contributed by atoms with Gasteiger partial charge in [-0.25, -0.2) is 0 Å². The van der Waals surface area contributed by atoms with Crippen LogP contribution in [0, 0.1) is 0 Å². The first-order valence-corrected chi connectivity index (χ1v) is 8.84. The van der Waals surface area contributed by atoms with E-state index in [0.29, 0.717) is 23.0 Å². The first-order valence-electron chi connectivity index (χ1n) is 8.84. The number of aromatic hydroxyl groups is 1. The Morgan fingerprint density at radius 1 is 0.607 bits per heavy atom. The molecule has 0 aromatic heterocycles. The molecule has 3 rings (SSSR count). The molecule has 5 nitrogen and oxygen atoms in total. The highest BCUT2D eigenvalue weighted by atomic mass is 16.5. The molecule has 0 unspecified atom stereocenters. The van der Waals surface area contributed by atoms with Gasteiger partial charge in [-0.3, -0.25) is 0 Å². The van der Waals surface area contributed by atoms with Gasteiger partial charge in [-0.05, 0) is 29.8 Å². The maximum atomic E-state index is 9.74. The fourth-order valence-corrected chi connectivity index (χ4v) is 3.31. The summed E-state index contributed by atoms with van der Waals surface area (Å²) >= 11 is 0. The lowest BCUT2D eigenvalue weighted by atomic mass is 9.84. The van der Waals surface area contributed by atoms with Crippen molar-refractivity contribution in [2.24, 2.45) is 0 Å². The molecule has 0 aliphatic carbocycles. The zero-order valence-corrected chi connectivity index (χ0v) is 16.4. The molecule has 0 spiro atoms. The van der Waals surface area contributed by atoms with Gasteiger partial charge in [0, 0.05) is 29.2 Å². The standard InChI is InChI=1S/C23H24O5/c1-25-17-9-11-19(21(13-17)27-3)23(15-5-7-16(24)8-6-15)20-12-10-18(26-2)14-22(20)28-4/h5-14,23-24H,1-4H3. The Bertz CT molecular complexity index is 879. The molecule has 0 radical (unpaired) electrons. The lowest BCUT2D eigenvalue weighted by Crippen LogP contribution is -2.07. The molecule has 0 amide bonds. The van der Waals surface area contributed by atoms with Crippen molar-refractivity contribution in [2.75, 3.05) is 28.4 Å². The molecule has 0 saturated carbocycles. The van der Waals surface area contributed by atoms with Crippen LogP contribution in [0.3, 0.4) is 0 Å². The maximum Gasteiger partial charge on any atom is 0.126 e. The van der Waals surface area contributed by atoms with Gasteiger partial charge in [0.2, 0.25) is 0 Å². The zero-order chi connectivity index (χ0) is 20.1. The van der Waals surface area contributed by atoms with Crippen LogP contribution in [0.2, 0.25) is 0 Å². The van der Waals surface area contributed by atoms with Gasteiger partial charge in [0.25, 0.3) is 0 Å². The summed E-state index contributed by atoms with van der Waals surface area (Å²) in [6, 6.07) is 18.6. The van der Waals surface area contributed by atoms with E-state index in [2.05, 4.69) is 0 Å². The first kappa shape index (κ1) is 19.4. The second kappa shape index (κ2) is 8.57. The summed E-state index contributed by atoms with van der Waals surface area (Å²) < 4.78 is 22.0. The van der Waals surface area contributed by atoms with E-state index < -0.39 is 0 Å². The molecule has 28 heavy (non-hydrogen) atoms. The number of hydrogen-bond acceptors (Lipinski definition) is 5. The van der Waals surface area contributed by atoms with E-state index in [9.17, 15) is 5.11 Å². The Morgan fingerprint density at radius 2 is 1.07 bits per heavy atom. The fraction of sp³-hybridized carbons (Fsp3) is 0.217. The Balaban J connectivity index is 2.24. The Morgan fingerprint density at radius 3 is 1.46 bits per heavy atom. The molecular weight excluding hydrogens is 356 g/mol. The normalized spacial score (nSPS) is 10.6. The van der Waals surface area contributed by atoms with E-state index in [0.717, 1.165) is 16.7 Å². The van der Waals surface area contributed by atoms with Gasteiger partial charge in [0.05, 0.1) is 28.4 Å². The van der Waals surface area contributed by atoms with Gasteiger partial charge in [-0.15, -0.1) is 0 Å². The molecule has 0 heterocycles. The van der Waals surface area contributed by atoms with Gasteiger partial charge in [0.15, 0.2) is 0 Å². The van der Waals surface area contributed by atoms with Crippen molar-refractivity contribution >= 4 is 0 Å². The highest BCUT2D eigenvalue weighted by Crippen LogP contribution is 2.43. The summed E-state index contributed by atoms with van der Waals surface area (Å²) in [5.74, 6) is 2.87. The predicted molar refractivity (Wildman–Crippen MR) is 108 cm³/mol. The molecule has 0 fully saturated rings. The van der Waals surface area contributed by atoms with Crippen molar-refractivity contribution < 1.29 is 24.1 Å². The highest BCUT2D eigenvalue weighted by Gasteiger charge is 2.24. The number of phenols is 1. The predicted octanol–water partition coefficient (Wildman–Crippen LogP) is 4.61. The smallest absolute Gasteiger partial charge is 0.126 e. The Kier molecular flexibility index (Phi) is 5.94. The summed E-state index contributed by atoms with van der Waals surface area (Å²) in [7, 11) is 6.52. The topological polar surface area (TPSA) is 57.2 Å². The number of rotatable bonds is 7. The molecule has 0 aliphatic heterocycles. The molecule has 0 saturated heterocycles. The van der Waals surface area contributed by atoms with E-state index in [4.69, 9.17) is 18.9 Å². The quantitative estimate of drug-likeness (QED) is 0.607. The van der Waals surface area contributed by atoms with E-state index >= 15 is 0 Å². The lowest BCUT2D eigenvalue weighted by Gasteiger charge is -2.24. The highest BCUT2D eigenvalue weighted by molar-refractivity contribution is 5.56. The molecule has 3 aromatic rings. The summed E-state index contributed by atoms with van der Waals surface area (Å²) in [6.07, 6.45) is 0. The van der Waals surface area contributed by atoms with Gasteiger partial charge >= 0.3 is 0 Å². The third-order valence-electron chi connectivity index (χ3n) is 4.73. The first-order chi connectivity index (χ1) is 13.6. The average Bonchev–Trinajstić information content (AvgIpc) is 2.75. The molecule has 5 heteroatoms. The number of ether oxygens (including phenoxy) is 4. The summed E-state index contributed by atoms with van der Waals surface area (Å²) in [5, 5.41) is 9.74. The van der Waals surface area contributed by atoms with Crippen LogP contribution in [0.15, 0.2) is 60.7 Å². The summed E-state index contributed by atoms with van der Waals surface area (Å²) in [4.78, 5) is 0. The lowest BCUT2D eigenvalue weighted by molar-refractivity contribution is 0.386. The van der Waals surface area contributed by atoms with E-state index in [-0.39, 0.29) is 11.7 Å². The fourth-order valence-electron chi connectivity index (χ4n) is 3.31. The molecular formula is C23H24O5. The van der Waals surface area contributed by atoms with Crippen molar-refractivity contribution in [3.63, 3.8) is 0 Å². The molecule has 3 aromatic carbocycles. The van der Waals surface area contributed by atoms with Crippen molar-refractivity contribution in [2.45, 2.75) is 5.92 Å². The van der Waals surface area contributed by atoms with Crippen molar-refractivity contribution in [3.05, 3.63) is 77.4 Å². The van der Waals surface area contributed by atoms with Gasteiger partial charge < -0.3 is 24.1 Å². The van der Waals surface area contributed by atoms with Crippen LogP contribution in [0.4, 0.5) is 0 Å². The van der Waals surface area contributed by atoms with Crippen LogP contribution in [0.25, 0.3) is 0 Å². The van der Waals surface area contributed by atoms with Crippen molar-refractivity contribution in [3.8, 4) is 28.7 Å². The minimum absolute atomic E-state index is 0.178. The van der Waals surface area contributed by atoms with E-state index in [1.807, 2.05) is 48.5 Å². The van der Waals surface area contributed by atoms with Crippen molar-refractivity contribution in [1.29, 1.82) is 0 Å². The third kappa shape index (κ3) is 3.83. The third-order valence-corrected chi connectivity index (χ3v) is 4.73. The van der Waals surface area contributed by atoms with Crippen LogP contribution in [0.5, 0.6) is 28.7 Å². The van der Waals surface area contributed by atoms with Gasteiger partial charge in [-0.1, -0.05) is 24.3 Å². The van der Waals surface area contributed by atoms with E-state index in [1.165, 1.54) is 0 Å². The largest absolute Gasteiger partial charge is 0.508 e. The molecule has 0 aliphatic rings. The van der Waals surface area contributed by atoms with Crippen molar-refractivity contribution in [1.82, 2.24) is 0 Å².